The lowest BCUT2D eigenvalue weighted by atomic mass is 9.97. The van der Waals surface area contributed by atoms with Crippen LogP contribution in [0.1, 0.15) is 28.4 Å². The molecular formula is C20H17NO3. The van der Waals surface area contributed by atoms with Gasteiger partial charge in [-0.2, -0.15) is 0 Å². The Morgan fingerprint density at radius 3 is 2.17 bits per heavy atom. The second-order valence-electron chi connectivity index (χ2n) is 5.62. The SMILES string of the molecule is CC(=O)c1c(-c2ccccc2)[nH]c(=O)c(Cc2ccccc2)c1O. The number of ketones is 1. The second-order valence-corrected chi connectivity index (χ2v) is 5.62. The summed E-state index contributed by atoms with van der Waals surface area (Å²) in [6.45, 7) is 1.38. The first kappa shape index (κ1) is 15.7. The van der Waals surface area contributed by atoms with E-state index in [9.17, 15) is 14.7 Å². The molecule has 0 saturated carbocycles. The molecule has 0 fully saturated rings. The standard InChI is InChI=1S/C20H17NO3/c1-13(22)17-18(15-10-6-3-7-11-15)21-20(24)16(19(17)23)12-14-8-4-2-5-9-14/h2-11H,12H2,1H3,(H2,21,23,24). The topological polar surface area (TPSA) is 70.2 Å². The van der Waals surface area contributed by atoms with E-state index >= 15 is 0 Å². The number of aromatic amines is 1. The molecule has 0 aliphatic heterocycles. The highest BCUT2D eigenvalue weighted by Crippen LogP contribution is 2.30. The van der Waals surface area contributed by atoms with E-state index < -0.39 is 0 Å². The fourth-order valence-corrected chi connectivity index (χ4v) is 2.76. The third-order valence-corrected chi connectivity index (χ3v) is 3.92. The van der Waals surface area contributed by atoms with Gasteiger partial charge < -0.3 is 10.1 Å². The van der Waals surface area contributed by atoms with Crippen LogP contribution in [-0.4, -0.2) is 15.9 Å². The van der Waals surface area contributed by atoms with Gasteiger partial charge in [-0.3, -0.25) is 9.59 Å². The van der Waals surface area contributed by atoms with Crippen LogP contribution < -0.4 is 5.56 Å². The zero-order valence-electron chi connectivity index (χ0n) is 13.2. The molecule has 24 heavy (non-hydrogen) atoms. The minimum atomic E-state index is -0.389. The number of nitrogens with one attached hydrogen (secondary N) is 1. The molecule has 0 saturated heterocycles. The van der Waals surface area contributed by atoms with Crippen molar-refractivity contribution in [2.24, 2.45) is 0 Å². The quantitative estimate of drug-likeness (QED) is 0.723. The Labute approximate surface area is 139 Å². The van der Waals surface area contributed by atoms with E-state index in [1.165, 1.54) is 6.92 Å². The molecule has 0 atom stereocenters. The van der Waals surface area contributed by atoms with Gasteiger partial charge in [0.1, 0.15) is 5.75 Å². The Hall–Kier alpha value is -3.14. The maximum absolute atomic E-state index is 12.5. The van der Waals surface area contributed by atoms with Gasteiger partial charge in [0.05, 0.1) is 16.8 Å². The lowest BCUT2D eigenvalue weighted by Crippen LogP contribution is -2.17. The molecule has 0 aliphatic carbocycles. The van der Waals surface area contributed by atoms with E-state index in [4.69, 9.17) is 0 Å². The Bertz CT molecular complexity index is 928. The van der Waals surface area contributed by atoms with Crippen molar-refractivity contribution < 1.29 is 9.90 Å². The smallest absolute Gasteiger partial charge is 0.255 e. The molecule has 0 radical (unpaired) electrons. The molecule has 0 spiro atoms. The van der Waals surface area contributed by atoms with E-state index in [-0.39, 0.29) is 34.6 Å². The maximum Gasteiger partial charge on any atom is 0.255 e. The Kier molecular flexibility index (Phi) is 4.29. The highest BCUT2D eigenvalue weighted by Gasteiger charge is 2.21. The van der Waals surface area contributed by atoms with E-state index in [0.29, 0.717) is 11.3 Å². The summed E-state index contributed by atoms with van der Waals surface area (Å²) in [6, 6.07) is 18.4. The summed E-state index contributed by atoms with van der Waals surface area (Å²) in [6.07, 6.45) is 0.261. The number of benzene rings is 2. The van der Waals surface area contributed by atoms with Crippen LogP contribution in [0.3, 0.4) is 0 Å². The van der Waals surface area contributed by atoms with Gasteiger partial charge in [0, 0.05) is 6.42 Å². The lowest BCUT2D eigenvalue weighted by Gasteiger charge is -2.13. The van der Waals surface area contributed by atoms with Crippen LogP contribution in [0.4, 0.5) is 0 Å². The number of carbonyl (C=O) groups is 1. The largest absolute Gasteiger partial charge is 0.507 e. The van der Waals surface area contributed by atoms with Crippen LogP contribution in [0.2, 0.25) is 0 Å². The van der Waals surface area contributed by atoms with E-state index in [2.05, 4.69) is 4.98 Å². The summed E-state index contributed by atoms with van der Waals surface area (Å²) in [4.78, 5) is 27.3. The average molecular weight is 319 g/mol. The summed E-state index contributed by atoms with van der Waals surface area (Å²) < 4.78 is 0. The van der Waals surface area contributed by atoms with Crippen molar-refractivity contribution in [3.8, 4) is 17.0 Å². The summed E-state index contributed by atoms with van der Waals surface area (Å²) >= 11 is 0. The van der Waals surface area contributed by atoms with Crippen LogP contribution >= 0.6 is 0 Å². The predicted octanol–water partition coefficient (Wildman–Crippen LogP) is 3.54. The van der Waals surface area contributed by atoms with Crippen molar-refractivity contribution in [3.05, 3.63) is 87.7 Å². The number of rotatable bonds is 4. The Morgan fingerprint density at radius 2 is 1.58 bits per heavy atom. The fourth-order valence-electron chi connectivity index (χ4n) is 2.76. The average Bonchev–Trinajstić information content (AvgIpc) is 2.59. The number of aromatic hydroxyl groups is 1. The van der Waals surface area contributed by atoms with Gasteiger partial charge in [0.25, 0.3) is 5.56 Å². The molecule has 0 aliphatic rings. The monoisotopic (exact) mass is 319 g/mol. The second kappa shape index (κ2) is 6.54. The highest BCUT2D eigenvalue weighted by molar-refractivity contribution is 6.02. The summed E-state index contributed by atoms with van der Waals surface area (Å²) in [7, 11) is 0. The van der Waals surface area contributed by atoms with Crippen molar-refractivity contribution >= 4 is 5.78 Å². The third kappa shape index (κ3) is 2.99. The van der Waals surface area contributed by atoms with E-state index in [1.54, 1.807) is 12.1 Å². The van der Waals surface area contributed by atoms with Gasteiger partial charge >= 0.3 is 0 Å². The molecule has 0 bridgehead atoms. The number of aromatic nitrogens is 1. The van der Waals surface area contributed by atoms with Crippen LogP contribution in [0.5, 0.6) is 5.75 Å². The normalized spacial score (nSPS) is 10.5. The maximum atomic E-state index is 12.5. The predicted molar refractivity (Wildman–Crippen MR) is 93.4 cm³/mol. The Balaban J connectivity index is 2.19. The zero-order valence-corrected chi connectivity index (χ0v) is 13.2. The van der Waals surface area contributed by atoms with Gasteiger partial charge in [-0.15, -0.1) is 0 Å². The first-order valence-corrected chi connectivity index (χ1v) is 7.66. The fraction of sp³-hybridized carbons (Fsp3) is 0.100. The van der Waals surface area contributed by atoms with Crippen molar-refractivity contribution in [2.45, 2.75) is 13.3 Å². The molecule has 0 amide bonds. The molecule has 0 unspecified atom stereocenters. The third-order valence-electron chi connectivity index (χ3n) is 3.92. The molecule has 3 aromatic rings. The van der Waals surface area contributed by atoms with Gasteiger partial charge in [-0.05, 0) is 18.1 Å². The molecule has 2 aromatic carbocycles. The molecule has 1 aromatic heterocycles. The summed E-state index contributed by atoms with van der Waals surface area (Å²) in [5.41, 5.74) is 1.88. The molecular weight excluding hydrogens is 302 g/mol. The first-order valence-electron chi connectivity index (χ1n) is 7.66. The number of Topliss-reactive ketones (excluding diaryl/α,β-unsaturated/α-hetero) is 1. The molecule has 2 N–H and O–H groups in total. The van der Waals surface area contributed by atoms with E-state index in [1.807, 2.05) is 48.5 Å². The molecule has 4 nitrogen and oxygen atoms in total. The van der Waals surface area contributed by atoms with Gasteiger partial charge in [-0.25, -0.2) is 0 Å². The van der Waals surface area contributed by atoms with Crippen LogP contribution in [0.25, 0.3) is 11.3 Å². The van der Waals surface area contributed by atoms with Crippen molar-refractivity contribution in [3.63, 3.8) is 0 Å². The summed E-state index contributed by atoms with van der Waals surface area (Å²) in [5.74, 6) is -0.536. The van der Waals surface area contributed by atoms with Crippen LogP contribution in [0, 0.1) is 0 Å². The van der Waals surface area contributed by atoms with Crippen molar-refractivity contribution in [1.82, 2.24) is 4.98 Å². The first-order chi connectivity index (χ1) is 11.6. The van der Waals surface area contributed by atoms with Crippen molar-refractivity contribution in [1.29, 1.82) is 0 Å². The highest BCUT2D eigenvalue weighted by atomic mass is 16.3. The van der Waals surface area contributed by atoms with Gasteiger partial charge in [-0.1, -0.05) is 60.7 Å². The molecule has 1 heterocycles. The minimum absolute atomic E-state index is 0.145. The number of carbonyl (C=O) groups excluding carboxylic acids is 1. The number of pyridine rings is 1. The summed E-state index contributed by atoms with van der Waals surface area (Å²) in [5, 5.41) is 10.6. The minimum Gasteiger partial charge on any atom is -0.507 e. The molecule has 120 valence electrons. The van der Waals surface area contributed by atoms with E-state index in [0.717, 1.165) is 5.56 Å². The lowest BCUT2D eigenvalue weighted by molar-refractivity contribution is 0.101. The molecule has 4 heteroatoms. The zero-order chi connectivity index (χ0) is 17.1. The number of H-pyrrole nitrogens is 1. The molecule has 3 rings (SSSR count). The van der Waals surface area contributed by atoms with Crippen molar-refractivity contribution in [2.75, 3.05) is 0 Å². The number of hydrogen-bond donors (Lipinski definition) is 2. The van der Waals surface area contributed by atoms with Crippen LogP contribution in [-0.2, 0) is 6.42 Å². The van der Waals surface area contributed by atoms with Gasteiger partial charge in [0.2, 0.25) is 0 Å². The number of hydrogen-bond acceptors (Lipinski definition) is 3. The van der Waals surface area contributed by atoms with Crippen LogP contribution in [0.15, 0.2) is 65.5 Å². The Morgan fingerprint density at radius 1 is 1.00 bits per heavy atom. The van der Waals surface area contributed by atoms with Gasteiger partial charge in [0.15, 0.2) is 5.78 Å².